The van der Waals surface area contributed by atoms with E-state index in [0.717, 1.165) is 97.5 Å². The molecule has 15 aromatic rings. The molecule has 6 nitrogen and oxygen atoms in total. The van der Waals surface area contributed by atoms with Crippen LogP contribution in [0.3, 0.4) is 0 Å². The molecule has 2 aliphatic carbocycles. The minimum atomic E-state index is 0.261. The molecule has 0 saturated carbocycles. The van der Waals surface area contributed by atoms with Crippen LogP contribution in [0.2, 0.25) is 0 Å². The van der Waals surface area contributed by atoms with E-state index in [1.807, 2.05) is 0 Å². The molecule has 0 radical (unpaired) electrons. The molecule has 6 heteroatoms. The SMILES string of the molecule is C1=CCCC(c2ccc(N(c3ccc(-c4ccccc4)cc3)c3ccc(-c4ccc5c(c4)c4ccccc4n5-c4cccc(-c5nc(-n6c7ccccc7c7cc(C8=CC=C9C(C8)c8ccccc8N9c8ccccc8)ccc76)c6ccccc6n5)c4)cc3)cc2)=C1. The fourth-order valence-corrected chi connectivity index (χ4v) is 14.7. The Morgan fingerprint density at radius 1 is 0.359 bits per heavy atom. The van der Waals surface area contributed by atoms with Gasteiger partial charge in [0.25, 0.3) is 0 Å². The predicted molar refractivity (Wildman–Crippen MR) is 384 cm³/mol. The van der Waals surface area contributed by atoms with Gasteiger partial charge in [-0.25, -0.2) is 9.97 Å². The minimum Gasteiger partial charge on any atom is -0.313 e. The molecule has 434 valence electrons. The number of allylic oxidation sites excluding steroid dienone is 8. The van der Waals surface area contributed by atoms with Gasteiger partial charge in [0.15, 0.2) is 5.82 Å². The number of hydrogen-bond acceptors (Lipinski definition) is 4. The fourth-order valence-electron chi connectivity index (χ4n) is 14.7. The zero-order valence-electron chi connectivity index (χ0n) is 50.5. The molecule has 1 unspecified atom stereocenters. The van der Waals surface area contributed by atoms with Gasteiger partial charge >= 0.3 is 0 Å². The lowest BCUT2D eigenvalue weighted by atomic mass is 9.84. The summed E-state index contributed by atoms with van der Waals surface area (Å²) in [4.78, 5) is 15.8. The normalized spacial score (nSPS) is 14.4. The van der Waals surface area contributed by atoms with Crippen LogP contribution >= 0.6 is 0 Å². The molecule has 4 heterocycles. The molecular formula is C86H60N6. The Hall–Kier alpha value is -11.9. The summed E-state index contributed by atoms with van der Waals surface area (Å²) >= 11 is 0. The van der Waals surface area contributed by atoms with E-state index in [9.17, 15) is 0 Å². The van der Waals surface area contributed by atoms with Crippen LogP contribution in [-0.4, -0.2) is 19.1 Å². The van der Waals surface area contributed by atoms with E-state index in [1.165, 1.54) is 77.6 Å². The van der Waals surface area contributed by atoms with E-state index < -0.39 is 0 Å². The second-order valence-electron chi connectivity index (χ2n) is 24.4. The maximum absolute atomic E-state index is 5.61. The molecule has 0 N–H and O–H groups in total. The first-order chi connectivity index (χ1) is 45.6. The Labute approximate surface area is 534 Å². The van der Waals surface area contributed by atoms with Gasteiger partial charge in [-0.15, -0.1) is 0 Å². The second kappa shape index (κ2) is 22.0. The Bertz CT molecular complexity index is 5530. The molecule has 0 bridgehead atoms. The Balaban J connectivity index is 0.688. The first-order valence-corrected chi connectivity index (χ1v) is 31.9. The Morgan fingerprint density at radius 2 is 0.902 bits per heavy atom. The molecule has 18 rings (SSSR count). The molecule has 0 fully saturated rings. The second-order valence-corrected chi connectivity index (χ2v) is 24.4. The van der Waals surface area contributed by atoms with Gasteiger partial charge < -0.3 is 14.4 Å². The maximum atomic E-state index is 5.61. The number of para-hydroxylation sites is 5. The first-order valence-electron chi connectivity index (χ1n) is 31.9. The van der Waals surface area contributed by atoms with Crippen LogP contribution in [0.4, 0.5) is 28.4 Å². The third-order valence-corrected chi connectivity index (χ3v) is 19.1. The van der Waals surface area contributed by atoms with Crippen molar-refractivity contribution in [3.8, 4) is 45.1 Å². The van der Waals surface area contributed by atoms with E-state index in [1.54, 1.807) is 0 Å². The molecule has 0 spiro atoms. The van der Waals surface area contributed by atoms with E-state index in [-0.39, 0.29) is 5.92 Å². The van der Waals surface area contributed by atoms with Crippen molar-refractivity contribution in [2.45, 2.75) is 25.2 Å². The number of rotatable bonds is 11. The minimum absolute atomic E-state index is 0.261. The van der Waals surface area contributed by atoms with Gasteiger partial charge in [0.1, 0.15) is 5.82 Å². The van der Waals surface area contributed by atoms with Crippen LogP contribution in [0.5, 0.6) is 0 Å². The van der Waals surface area contributed by atoms with Crippen LogP contribution in [0.25, 0.3) is 111 Å². The summed E-state index contributed by atoms with van der Waals surface area (Å²) in [5.74, 6) is 1.78. The highest BCUT2D eigenvalue weighted by atomic mass is 15.2. The molecule has 12 aromatic carbocycles. The molecule has 3 aromatic heterocycles. The molecule has 0 amide bonds. The summed E-state index contributed by atoms with van der Waals surface area (Å²) in [6.45, 7) is 0. The number of anilines is 5. The van der Waals surface area contributed by atoms with Crippen LogP contribution < -0.4 is 9.80 Å². The summed E-state index contributed by atoms with van der Waals surface area (Å²) in [5, 5.41) is 5.75. The van der Waals surface area contributed by atoms with Crippen LogP contribution in [0.1, 0.15) is 41.9 Å². The van der Waals surface area contributed by atoms with Gasteiger partial charge in [-0.3, -0.25) is 4.57 Å². The van der Waals surface area contributed by atoms with Crippen molar-refractivity contribution in [3.05, 3.63) is 344 Å². The number of benzene rings is 12. The monoisotopic (exact) mass is 1180 g/mol. The standard InChI is InChI=1S/C86H60N6/c1-4-19-57(20-5-1)59-35-44-67(45-36-59)89(68-46-37-60(38-47-68)58-21-6-2-7-22-58)69-48-39-61(40-49-69)62-41-50-83-75(54-62)72-28-12-16-33-80(72)91(83)70-26-18-23-65(53-70)85-87-78-31-14-10-30-74(78)86(88-85)92-81-34-17-13-29-73(81)77-56-64(43-52-84(77)92)63-42-51-82-76(55-63)71-27-11-15-32-79(71)90(82)66-24-8-3-9-25-66/h1-6,8-21,23-54,56,76H,7,22,55H2. The molecule has 3 aliphatic rings. The maximum Gasteiger partial charge on any atom is 0.162 e. The van der Waals surface area contributed by atoms with E-state index in [0.29, 0.717) is 5.82 Å². The third-order valence-electron chi connectivity index (χ3n) is 19.1. The molecule has 92 heavy (non-hydrogen) atoms. The van der Waals surface area contributed by atoms with Gasteiger partial charge in [0.2, 0.25) is 0 Å². The van der Waals surface area contributed by atoms with Gasteiger partial charge in [-0.1, -0.05) is 200 Å². The van der Waals surface area contributed by atoms with Crippen molar-refractivity contribution in [3.63, 3.8) is 0 Å². The number of hydrogen-bond donors (Lipinski definition) is 0. The lowest BCUT2D eigenvalue weighted by Gasteiger charge is -2.26. The topological polar surface area (TPSA) is 42.1 Å². The average molecular weight is 1180 g/mol. The lowest BCUT2D eigenvalue weighted by Crippen LogP contribution is -2.15. The summed E-state index contributed by atoms with van der Waals surface area (Å²) in [6.07, 6.45) is 14.4. The van der Waals surface area contributed by atoms with Crippen molar-refractivity contribution in [1.82, 2.24) is 19.1 Å². The summed E-state index contributed by atoms with van der Waals surface area (Å²) < 4.78 is 4.75. The van der Waals surface area contributed by atoms with Crippen molar-refractivity contribution in [2.24, 2.45) is 0 Å². The molecule has 0 saturated heterocycles. The highest BCUT2D eigenvalue weighted by Gasteiger charge is 2.36. The third kappa shape index (κ3) is 9.01. The van der Waals surface area contributed by atoms with Gasteiger partial charge in [-0.2, -0.15) is 0 Å². The van der Waals surface area contributed by atoms with E-state index in [2.05, 4.69) is 340 Å². The van der Waals surface area contributed by atoms with Crippen molar-refractivity contribution < 1.29 is 0 Å². The van der Waals surface area contributed by atoms with E-state index >= 15 is 0 Å². The summed E-state index contributed by atoms with van der Waals surface area (Å²) in [6, 6.07) is 106. The lowest BCUT2D eigenvalue weighted by molar-refractivity contribution is 0.832. The van der Waals surface area contributed by atoms with Gasteiger partial charge in [0.05, 0.1) is 27.6 Å². The summed E-state index contributed by atoms with van der Waals surface area (Å²) in [7, 11) is 0. The fraction of sp³-hybridized carbons (Fsp3) is 0.0465. The highest BCUT2D eigenvalue weighted by molar-refractivity contribution is 6.12. The summed E-state index contributed by atoms with van der Waals surface area (Å²) in [5.41, 5.74) is 25.7. The number of aromatic nitrogens is 4. The quantitative estimate of drug-likeness (QED) is 0.129. The van der Waals surface area contributed by atoms with Gasteiger partial charge in [-0.05, 0) is 191 Å². The smallest absolute Gasteiger partial charge is 0.162 e. The zero-order valence-corrected chi connectivity index (χ0v) is 50.5. The van der Waals surface area contributed by atoms with Crippen LogP contribution in [-0.2, 0) is 0 Å². The largest absolute Gasteiger partial charge is 0.313 e. The first kappa shape index (κ1) is 53.2. The predicted octanol–water partition coefficient (Wildman–Crippen LogP) is 22.6. The number of fused-ring (bicyclic) bond motifs is 10. The van der Waals surface area contributed by atoms with Crippen LogP contribution in [0, 0.1) is 0 Å². The highest BCUT2D eigenvalue weighted by Crippen LogP contribution is 2.53. The van der Waals surface area contributed by atoms with Crippen molar-refractivity contribution in [2.75, 3.05) is 9.80 Å². The van der Waals surface area contributed by atoms with Crippen molar-refractivity contribution >= 4 is 94.1 Å². The van der Waals surface area contributed by atoms with Gasteiger partial charge in [0, 0.05) is 78.2 Å². The van der Waals surface area contributed by atoms with E-state index in [4.69, 9.17) is 9.97 Å². The van der Waals surface area contributed by atoms with Crippen LogP contribution in [0.15, 0.2) is 327 Å². The average Bonchev–Trinajstić information content (AvgIpc) is 1.61. The molecule has 1 aliphatic heterocycles. The van der Waals surface area contributed by atoms with Crippen molar-refractivity contribution in [1.29, 1.82) is 0 Å². The molecule has 1 atom stereocenters. The Kier molecular flexibility index (Phi) is 12.7. The number of nitrogens with zero attached hydrogens (tertiary/aromatic N) is 6. The Morgan fingerprint density at radius 3 is 1.62 bits per heavy atom. The zero-order chi connectivity index (χ0) is 60.6. The molecular weight excluding hydrogens is 1120 g/mol.